The molecule has 1 aliphatic rings. The molecule has 4 aromatic heterocycles. The Hall–Kier alpha value is -4.58. The summed E-state index contributed by atoms with van der Waals surface area (Å²) in [5.41, 5.74) is 8.75. The maximum atomic E-state index is 5.19. The van der Waals surface area contributed by atoms with Crippen LogP contribution in [0.1, 0.15) is 36.8 Å². The van der Waals surface area contributed by atoms with E-state index in [0.717, 1.165) is 57.1 Å². The van der Waals surface area contributed by atoms with E-state index in [9.17, 15) is 0 Å². The van der Waals surface area contributed by atoms with Crippen molar-refractivity contribution in [1.29, 1.82) is 0 Å². The SMILES string of the molecule is CCc1ccnc(Nc2cc(-c3ccc(C4CC4)c(Nc4ccc5cc[nH]c5c4)n3)c3cc[nH]c3c2)c1. The van der Waals surface area contributed by atoms with E-state index in [1.807, 2.05) is 18.6 Å². The first-order valence-electron chi connectivity index (χ1n) is 12.9. The van der Waals surface area contributed by atoms with Crippen molar-refractivity contribution >= 4 is 44.8 Å². The molecule has 0 bridgehead atoms. The predicted molar refractivity (Wildman–Crippen MR) is 152 cm³/mol. The van der Waals surface area contributed by atoms with Gasteiger partial charge in [-0.05, 0) is 96.3 Å². The number of aromatic amines is 2. The van der Waals surface area contributed by atoms with Crippen molar-refractivity contribution in [2.24, 2.45) is 0 Å². The highest BCUT2D eigenvalue weighted by atomic mass is 15.0. The molecule has 4 N–H and O–H groups in total. The number of anilines is 4. The average molecular weight is 485 g/mol. The molecule has 0 radical (unpaired) electrons. The average Bonchev–Trinajstić information content (AvgIpc) is 3.46. The van der Waals surface area contributed by atoms with Gasteiger partial charge in [-0.25, -0.2) is 9.97 Å². The van der Waals surface area contributed by atoms with E-state index < -0.39 is 0 Å². The number of fused-ring (bicyclic) bond motifs is 2. The third-order valence-corrected chi connectivity index (χ3v) is 7.21. The summed E-state index contributed by atoms with van der Waals surface area (Å²) in [5, 5.41) is 9.48. The van der Waals surface area contributed by atoms with Crippen molar-refractivity contribution in [2.75, 3.05) is 10.6 Å². The Bertz CT molecular complexity index is 1740. The van der Waals surface area contributed by atoms with Gasteiger partial charge in [0.1, 0.15) is 11.6 Å². The number of hydrogen-bond donors (Lipinski definition) is 4. The topological polar surface area (TPSA) is 81.4 Å². The fourth-order valence-corrected chi connectivity index (χ4v) is 5.07. The van der Waals surface area contributed by atoms with Crippen LogP contribution in [0.4, 0.5) is 23.0 Å². The predicted octanol–water partition coefficient (Wildman–Crippen LogP) is 8.03. The zero-order valence-electron chi connectivity index (χ0n) is 20.7. The van der Waals surface area contributed by atoms with E-state index in [1.54, 1.807) is 0 Å². The molecule has 7 rings (SSSR count). The number of pyridine rings is 2. The summed E-state index contributed by atoms with van der Waals surface area (Å²) in [6, 6.07) is 23.5. The molecule has 0 aliphatic heterocycles. The van der Waals surface area contributed by atoms with Gasteiger partial charge in [0, 0.05) is 51.9 Å². The number of aromatic nitrogens is 4. The van der Waals surface area contributed by atoms with Crippen molar-refractivity contribution in [3.05, 3.63) is 96.4 Å². The minimum Gasteiger partial charge on any atom is -0.361 e. The minimum atomic E-state index is 0.579. The van der Waals surface area contributed by atoms with Crippen molar-refractivity contribution in [1.82, 2.24) is 19.9 Å². The minimum absolute atomic E-state index is 0.579. The number of aryl methyl sites for hydroxylation is 1. The van der Waals surface area contributed by atoms with Crippen LogP contribution in [-0.2, 0) is 6.42 Å². The smallest absolute Gasteiger partial charge is 0.134 e. The van der Waals surface area contributed by atoms with Gasteiger partial charge in [0.25, 0.3) is 0 Å². The summed E-state index contributed by atoms with van der Waals surface area (Å²) >= 11 is 0. The number of hydrogen-bond acceptors (Lipinski definition) is 4. The third-order valence-electron chi connectivity index (χ3n) is 7.21. The monoisotopic (exact) mass is 484 g/mol. The highest BCUT2D eigenvalue weighted by molar-refractivity contribution is 5.97. The third kappa shape index (κ3) is 4.20. The molecule has 1 aliphatic carbocycles. The Labute approximate surface area is 215 Å². The lowest BCUT2D eigenvalue weighted by atomic mass is 10.0. The van der Waals surface area contributed by atoms with E-state index in [1.165, 1.54) is 29.4 Å². The van der Waals surface area contributed by atoms with Gasteiger partial charge in [0.05, 0.1) is 5.69 Å². The van der Waals surface area contributed by atoms with Crippen LogP contribution in [0.25, 0.3) is 33.1 Å². The second-order valence-electron chi connectivity index (χ2n) is 9.80. The largest absolute Gasteiger partial charge is 0.361 e. The van der Waals surface area contributed by atoms with E-state index >= 15 is 0 Å². The van der Waals surface area contributed by atoms with Crippen LogP contribution in [0.15, 0.2) is 85.3 Å². The van der Waals surface area contributed by atoms with E-state index in [-0.39, 0.29) is 0 Å². The van der Waals surface area contributed by atoms with Crippen LogP contribution in [0.5, 0.6) is 0 Å². The quantitative estimate of drug-likeness (QED) is 0.185. The van der Waals surface area contributed by atoms with Crippen LogP contribution >= 0.6 is 0 Å². The van der Waals surface area contributed by atoms with Crippen molar-refractivity contribution in [3.8, 4) is 11.3 Å². The molecular weight excluding hydrogens is 456 g/mol. The second-order valence-corrected chi connectivity index (χ2v) is 9.80. The number of H-pyrrole nitrogens is 2. The van der Waals surface area contributed by atoms with Crippen molar-refractivity contribution in [2.45, 2.75) is 32.1 Å². The lowest BCUT2D eigenvalue weighted by Crippen LogP contribution is -2.00. The number of nitrogens with zero attached hydrogens (tertiary/aromatic N) is 2. The Morgan fingerprint density at radius 2 is 1.70 bits per heavy atom. The molecule has 6 heteroatoms. The number of nitrogens with one attached hydrogen (secondary N) is 4. The van der Waals surface area contributed by atoms with Gasteiger partial charge in [-0.3, -0.25) is 0 Å². The van der Waals surface area contributed by atoms with Gasteiger partial charge in [-0.2, -0.15) is 0 Å². The molecule has 0 spiro atoms. The van der Waals surface area contributed by atoms with Crippen molar-refractivity contribution in [3.63, 3.8) is 0 Å². The summed E-state index contributed by atoms with van der Waals surface area (Å²) in [6.07, 6.45) is 9.22. The Kier molecular flexibility index (Phi) is 5.17. The molecular formula is C31H28N6. The molecule has 0 saturated heterocycles. The molecule has 0 amide bonds. The number of rotatable bonds is 7. The Morgan fingerprint density at radius 1 is 0.838 bits per heavy atom. The maximum Gasteiger partial charge on any atom is 0.134 e. The van der Waals surface area contributed by atoms with E-state index in [0.29, 0.717) is 5.92 Å². The lowest BCUT2D eigenvalue weighted by Gasteiger charge is -2.15. The second kappa shape index (κ2) is 8.82. The normalized spacial score (nSPS) is 13.3. The van der Waals surface area contributed by atoms with Gasteiger partial charge in [-0.15, -0.1) is 0 Å². The zero-order valence-corrected chi connectivity index (χ0v) is 20.7. The van der Waals surface area contributed by atoms with Gasteiger partial charge in [0.2, 0.25) is 0 Å². The maximum absolute atomic E-state index is 5.19. The lowest BCUT2D eigenvalue weighted by molar-refractivity contribution is 1.10. The summed E-state index contributed by atoms with van der Waals surface area (Å²) in [6.45, 7) is 2.15. The number of benzene rings is 2. The fraction of sp³-hybridized carbons (Fsp3) is 0.161. The van der Waals surface area contributed by atoms with Crippen LogP contribution in [0.2, 0.25) is 0 Å². The standard InChI is InChI=1S/C31H28N6/c1-2-19-9-12-34-30(15-19)35-23-16-26(25-11-14-33-29(25)18-23)27-8-7-24(20-3-4-20)31(37-27)36-22-6-5-21-10-13-32-28(21)17-22/h5-18,20,32-33H,2-4H2,1H3,(H,34,35)(H,36,37). The molecule has 6 aromatic rings. The van der Waals surface area contributed by atoms with Crippen LogP contribution in [0, 0.1) is 0 Å². The highest BCUT2D eigenvalue weighted by Gasteiger charge is 2.27. The first-order chi connectivity index (χ1) is 18.2. The Balaban J connectivity index is 1.29. The molecule has 182 valence electrons. The molecule has 1 fully saturated rings. The summed E-state index contributed by atoms with van der Waals surface area (Å²) in [4.78, 5) is 16.4. The molecule has 4 heterocycles. The van der Waals surface area contributed by atoms with Crippen LogP contribution < -0.4 is 10.6 Å². The van der Waals surface area contributed by atoms with Gasteiger partial charge in [0.15, 0.2) is 0 Å². The first kappa shape index (κ1) is 21.7. The molecule has 1 saturated carbocycles. The fourth-order valence-electron chi connectivity index (χ4n) is 5.07. The van der Waals surface area contributed by atoms with E-state index in [4.69, 9.17) is 4.98 Å². The van der Waals surface area contributed by atoms with Crippen LogP contribution in [-0.4, -0.2) is 19.9 Å². The molecule has 2 aromatic carbocycles. The van der Waals surface area contributed by atoms with Crippen LogP contribution in [0.3, 0.4) is 0 Å². The summed E-state index contributed by atoms with van der Waals surface area (Å²) in [5.74, 6) is 2.36. The molecule has 37 heavy (non-hydrogen) atoms. The zero-order chi connectivity index (χ0) is 24.8. The van der Waals surface area contributed by atoms with E-state index in [2.05, 4.69) is 99.2 Å². The van der Waals surface area contributed by atoms with Gasteiger partial charge < -0.3 is 20.6 Å². The Morgan fingerprint density at radius 3 is 2.59 bits per heavy atom. The first-order valence-corrected chi connectivity index (χ1v) is 12.9. The highest BCUT2D eigenvalue weighted by Crippen LogP contribution is 2.44. The molecule has 6 nitrogen and oxygen atoms in total. The van der Waals surface area contributed by atoms with Gasteiger partial charge >= 0.3 is 0 Å². The summed E-state index contributed by atoms with van der Waals surface area (Å²) in [7, 11) is 0. The van der Waals surface area contributed by atoms with Gasteiger partial charge in [-0.1, -0.05) is 19.1 Å². The van der Waals surface area contributed by atoms with Crippen molar-refractivity contribution < 1.29 is 0 Å². The molecule has 0 unspecified atom stereocenters. The summed E-state index contributed by atoms with van der Waals surface area (Å²) < 4.78 is 0. The molecule has 0 atom stereocenters.